The molecule has 4 nitrogen and oxygen atoms in total. The fourth-order valence-corrected chi connectivity index (χ4v) is 3.60. The number of hydrogen-bond donors (Lipinski definition) is 2. The largest absolute Gasteiger partial charge is 0.364 e. The molecule has 5 heteroatoms. The number of fused-ring (bicyclic) bond motifs is 1. The number of H-pyrrole nitrogens is 1. The molecule has 0 spiro atoms. The number of pyridine rings is 1. The van der Waals surface area contributed by atoms with E-state index in [1.54, 1.807) is 18.7 Å². The monoisotopic (exact) mass is 300 g/mol. The number of nitrogens with one attached hydrogen (secondary N) is 2. The van der Waals surface area contributed by atoms with Crippen LogP contribution in [0.25, 0.3) is 0 Å². The number of aromatic nitrogens is 1. The quantitative estimate of drug-likeness (QED) is 0.896. The van der Waals surface area contributed by atoms with Crippen LogP contribution in [0.1, 0.15) is 34.1 Å². The van der Waals surface area contributed by atoms with Crippen LogP contribution in [0.2, 0.25) is 0 Å². The summed E-state index contributed by atoms with van der Waals surface area (Å²) in [5.41, 5.74) is 1.79. The molecule has 1 unspecified atom stereocenters. The zero-order valence-corrected chi connectivity index (χ0v) is 12.5. The maximum absolute atomic E-state index is 12.3. The lowest BCUT2D eigenvalue weighted by atomic mass is 10.0. The second kappa shape index (κ2) is 5.77. The van der Waals surface area contributed by atoms with Crippen molar-refractivity contribution in [3.8, 4) is 0 Å². The van der Waals surface area contributed by atoms with Gasteiger partial charge in [0.05, 0.1) is 6.04 Å². The smallest absolute Gasteiger partial charge is 0.257 e. The van der Waals surface area contributed by atoms with Crippen LogP contribution in [-0.4, -0.2) is 16.6 Å². The lowest BCUT2D eigenvalue weighted by molar-refractivity contribution is 0.0933. The summed E-state index contributed by atoms with van der Waals surface area (Å²) in [4.78, 5) is 28.3. The molecule has 0 radical (unpaired) electrons. The fourth-order valence-electron chi connectivity index (χ4n) is 2.48. The maximum atomic E-state index is 12.3. The molecule has 1 amide bonds. The topological polar surface area (TPSA) is 62.0 Å². The Labute approximate surface area is 127 Å². The predicted molar refractivity (Wildman–Crippen MR) is 83.8 cm³/mol. The van der Waals surface area contributed by atoms with Gasteiger partial charge in [-0.2, -0.15) is 0 Å². The first-order chi connectivity index (χ1) is 10.1. The van der Waals surface area contributed by atoms with E-state index in [4.69, 9.17) is 0 Å². The zero-order chi connectivity index (χ0) is 14.8. The van der Waals surface area contributed by atoms with Gasteiger partial charge in [-0.25, -0.2) is 0 Å². The molecule has 0 fully saturated rings. The number of hydrogen-bond acceptors (Lipinski definition) is 3. The van der Waals surface area contributed by atoms with Crippen LogP contribution in [0, 0.1) is 6.92 Å². The molecule has 1 aliphatic heterocycles. The van der Waals surface area contributed by atoms with E-state index in [-0.39, 0.29) is 22.9 Å². The molecular formula is C16H16N2O2S. The van der Waals surface area contributed by atoms with E-state index in [2.05, 4.69) is 16.4 Å². The third-order valence-electron chi connectivity index (χ3n) is 3.57. The summed E-state index contributed by atoms with van der Waals surface area (Å²) in [5, 5.41) is 2.98. The van der Waals surface area contributed by atoms with Crippen molar-refractivity contribution in [1.29, 1.82) is 0 Å². The first kappa shape index (κ1) is 13.9. The van der Waals surface area contributed by atoms with Gasteiger partial charge in [0.25, 0.3) is 5.91 Å². The van der Waals surface area contributed by atoms with E-state index in [1.807, 2.05) is 18.2 Å². The van der Waals surface area contributed by atoms with Crippen molar-refractivity contribution in [3.05, 3.63) is 63.6 Å². The summed E-state index contributed by atoms with van der Waals surface area (Å²) in [6.45, 7) is 1.79. The van der Waals surface area contributed by atoms with Crippen molar-refractivity contribution in [2.24, 2.45) is 0 Å². The lowest BCUT2D eigenvalue weighted by Gasteiger charge is -2.25. The van der Waals surface area contributed by atoms with Gasteiger partial charge in [-0.3, -0.25) is 9.59 Å². The van der Waals surface area contributed by atoms with E-state index < -0.39 is 0 Å². The van der Waals surface area contributed by atoms with Crippen LogP contribution in [0.4, 0.5) is 0 Å². The second-order valence-corrected chi connectivity index (χ2v) is 6.23. The summed E-state index contributed by atoms with van der Waals surface area (Å²) >= 11 is 1.80. The number of carbonyl (C=O) groups is 1. The SMILES string of the molecule is Cc1cc(=O)c(C(=O)NC2CCSc3ccccc32)c[nH]1. The number of aryl methyl sites for hydroxylation is 1. The van der Waals surface area contributed by atoms with E-state index in [0.29, 0.717) is 0 Å². The second-order valence-electron chi connectivity index (χ2n) is 5.09. The number of amides is 1. The molecule has 0 saturated carbocycles. The Hall–Kier alpha value is -2.01. The lowest BCUT2D eigenvalue weighted by Crippen LogP contribution is -2.33. The average molecular weight is 300 g/mol. The number of thioether (sulfide) groups is 1. The first-order valence-electron chi connectivity index (χ1n) is 6.87. The minimum Gasteiger partial charge on any atom is -0.364 e. The van der Waals surface area contributed by atoms with Crippen molar-refractivity contribution < 1.29 is 4.79 Å². The van der Waals surface area contributed by atoms with Gasteiger partial charge >= 0.3 is 0 Å². The summed E-state index contributed by atoms with van der Waals surface area (Å²) < 4.78 is 0. The summed E-state index contributed by atoms with van der Waals surface area (Å²) in [7, 11) is 0. The molecule has 21 heavy (non-hydrogen) atoms. The van der Waals surface area contributed by atoms with Gasteiger partial charge < -0.3 is 10.3 Å². The molecule has 1 aromatic heterocycles. The van der Waals surface area contributed by atoms with Crippen LogP contribution < -0.4 is 10.7 Å². The molecule has 0 bridgehead atoms. The molecule has 2 N–H and O–H groups in total. The van der Waals surface area contributed by atoms with Gasteiger partial charge in [0.1, 0.15) is 5.56 Å². The predicted octanol–water partition coefficient (Wildman–Crippen LogP) is 2.65. The highest BCUT2D eigenvalue weighted by Crippen LogP contribution is 2.35. The van der Waals surface area contributed by atoms with Crippen LogP contribution >= 0.6 is 11.8 Å². The van der Waals surface area contributed by atoms with E-state index in [0.717, 1.165) is 23.4 Å². The van der Waals surface area contributed by atoms with Crippen molar-refractivity contribution >= 4 is 17.7 Å². The van der Waals surface area contributed by atoms with Gasteiger partial charge in [0.15, 0.2) is 5.43 Å². The van der Waals surface area contributed by atoms with Gasteiger partial charge in [0.2, 0.25) is 0 Å². The molecule has 0 saturated heterocycles. The number of carbonyl (C=O) groups excluding carboxylic acids is 1. The molecule has 1 atom stereocenters. The van der Waals surface area contributed by atoms with E-state index in [9.17, 15) is 9.59 Å². The molecule has 3 rings (SSSR count). The Morgan fingerprint density at radius 2 is 2.19 bits per heavy atom. The molecular weight excluding hydrogens is 284 g/mol. The van der Waals surface area contributed by atoms with Gasteiger partial charge in [-0.1, -0.05) is 18.2 Å². The van der Waals surface area contributed by atoms with Crippen molar-refractivity contribution in [2.45, 2.75) is 24.3 Å². The summed E-state index contributed by atoms with van der Waals surface area (Å²) in [6.07, 6.45) is 2.35. The van der Waals surface area contributed by atoms with E-state index >= 15 is 0 Å². The normalized spacial score (nSPS) is 17.1. The van der Waals surface area contributed by atoms with Gasteiger partial charge in [-0.05, 0) is 25.0 Å². The minimum atomic E-state index is -0.317. The van der Waals surface area contributed by atoms with Crippen LogP contribution in [-0.2, 0) is 0 Å². The highest BCUT2D eigenvalue weighted by molar-refractivity contribution is 7.99. The summed E-state index contributed by atoms with van der Waals surface area (Å²) in [5.74, 6) is 0.648. The van der Waals surface area contributed by atoms with Crippen molar-refractivity contribution in [1.82, 2.24) is 10.3 Å². The molecule has 0 aliphatic carbocycles. The Bertz CT molecular complexity index is 739. The van der Waals surface area contributed by atoms with Crippen molar-refractivity contribution in [3.63, 3.8) is 0 Å². The third kappa shape index (κ3) is 2.88. The number of rotatable bonds is 2. The number of benzene rings is 1. The third-order valence-corrected chi connectivity index (χ3v) is 4.69. The Balaban J connectivity index is 1.84. The zero-order valence-electron chi connectivity index (χ0n) is 11.7. The first-order valence-corrected chi connectivity index (χ1v) is 7.85. The Morgan fingerprint density at radius 1 is 1.38 bits per heavy atom. The maximum Gasteiger partial charge on any atom is 0.257 e. The van der Waals surface area contributed by atoms with Gasteiger partial charge in [0, 0.05) is 28.6 Å². The van der Waals surface area contributed by atoms with E-state index in [1.165, 1.54) is 17.2 Å². The molecule has 1 aromatic carbocycles. The molecule has 108 valence electrons. The fraction of sp³-hybridized carbons (Fsp3) is 0.250. The molecule has 1 aliphatic rings. The van der Waals surface area contributed by atoms with Crippen LogP contribution in [0.5, 0.6) is 0 Å². The number of aromatic amines is 1. The molecule has 2 aromatic rings. The Kier molecular flexibility index (Phi) is 3.84. The standard InChI is InChI=1S/C16H16N2O2S/c1-10-8-14(19)12(9-17-10)16(20)18-13-6-7-21-15-5-3-2-4-11(13)15/h2-5,8-9,13H,6-7H2,1H3,(H,17,19)(H,18,20). The highest BCUT2D eigenvalue weighted by Gasteiger charge is 2.23. The van der Waals surface area contributed by atoms with Crippen LogP contribution in [0.3, 0.4) is 0 Å². The Morgan fingerprint density at radius 3 is 3.00 bits per heavy atom. The minimum absolute atomic E-state index is 0.0318. The molecule has 2 heterocycles. The highest BCUT2D eigenvalue weighted by atomic mass is 32.2. The van der Waals surface area contributed by atoms with Gasteiger partial charge in [-0.15, -0.1) is 11.8 Å². The van der Waals surface area contributed by atoms with Crippen molar-refractivity contribution in [2.75, 3.05) is 5.75 Å². The average Bonchev–Trinajstić information content (AvgIpc) is 2.47. The van der Waals surface area contributed by atoms with Crippen LogP contribution in [0.15, 0.2) is 46.2 Å². The summed E-state index contributed by atoms with van der Waals surface area (Å²) in [6, 6.07) is 9.49.